The lowest BCUT2D eigenvalue weighted by molar-refractivity contribution is -0.130. The number of benzene rings is 1. The molecule has 0 saturated heterocycles. The number of nitrogens with zero attached hydrogens (tertiary/aromatic N) is 1. The lowest BCUT2D eigenvalue weighted by Gasteiger charge is -2.17. The zero-order chi connectivity index (χ0) is 15.8. The van der Waals surface area contributed by atoms with Crippen molar-refractivity contribution in [3.63, 3.8) is 0 Å². The molecule has 118 valence electrons. The van der Waals surface area contributed by atoms with Gasteiger partial charge in [0.25, 0.3) is 0 Å². The topological polar surface area (TPSA) is 29.5 Å². The van der Waals surface area contributed by atoms with Crippen LogP contribution in [0.4, 0.5) is 0 Å². The molecule has 0 N–H and O–H groups in total. The van der Waals surface area contributed by atoms with Crippen LogP contribution in [0.5, 0.6) is 5.75 Å². The summed E-state index contributed by atoms with van der Waals surface area (Å²) in [5.41, 5.74) is 1.12. The van der Waals surface area contributed by atoms with Gasteiger partial charge in [0.05, 0.1) is 6.61 Å². The highest BCUT2D eigenvalue weighted by Crippen LogP contribution is 2.15. The van der Waals surface area contributed by atoms with Crippen molar-refractivity contribution >= 4 is 17.2 Å². The minimum Gasteiger partial charge on any atom is -0.494 e. The van der Waals surface area contributed by atoms with E-state index in [1.807, 2.05) is 38.2 Å². The quantitative estimate of drug-likeness (QED) is 0.732. The summed E-state index contributed by atoms with van der Waals surface area (Å²) in [6.45, 7) is 3.28. The first-order valence-corrected chi connectivity index (χ1v) is 8.55. The normalized spacial score (nSPS) is 10.5. The highest BCUT2D eigenvalue weighted by atomic mass is 32.1. The van der Waals surface area contributed by atoms with Crippen LogP contribution >= 0.6 is 11.3 Å². The first-order chi connectivity index (χ1) is 10.7. The Morgan fingerprint density at radius 1 is 1.23 bits per heavy atom. The number of aryl methyl sites for hydroxylation is 1. The number of carbonyl (C=O) groups excluding carboxylic acids is 1. The monoisotopic (exact) mass is 317 g/mol. The Kier molecular flexibility index (Phi) is 6.46. The summed E-state index contributed by atoms with van der Waals surface area (Å²) < 4.78 is 5.42. The molecule has 0 atom stereocenters. The summed E-state index contributed by atoms with van der Waals surface area (Å²) in [6, 6.07) is 12.1. The van der Waals surface area contributed by atoms with Crippen LogP contribution in [0.25, 0.3) is 0 Å². The molecule has 0 bridgehead atoms. The van der Waals surface area contributed by atoms with Crippen LogP contribution < -0.4 is 4.74 Å². The SMILES string of the molecule is CCOc1ccc(CN(C)C(=O)CCCc2cccs2)cc1. The zero-order valence-corrected chi connectivity index (χ0v) is 14.1. The predicted molar refractivity (Wildman–Crippen MR) is 91.3 cm³/mol. The van der Waals surface area contributed by atoms with Gasteiger partial charge in [0.15, 0.2) is 0 Å². The van der Waals surface area contributed by atoms with E-state index in [1.54, 1.807) is 16.2 Å². The first-order valence-electron chi connectivity index (χ1n) is 7.67. The number of amides is 1. The van der Waals surface area contributed by atoms with Crippen molar-refractivity contribution in [3.05, 3.63) is 52.2 Å². The lowest BCUT2D eigenvalue weighted by Crippen LogP contribution is -2.25. The molecule has 1 amide bonds. The lowest BCUT2D eigenvalue weighted by atomic mass is 10.1. The predicted octanol–water partition coefficient (Wildman–Crippen LogP) is 4.13. The fourth-order valence-electron chi connectivity index (χ4n) is 2.28. The third kappa shape index (κ3) is 5.19. The zero-order valence-electron chi connectivity index (χ0n) is 13.2. The summed E-state index contributed by atoms with van der Waals surface area (Å²) in [5, 5.41) is 2.08. The maximum absolute atomic E-state index is 12.1. The highest BCUT2D eigenvalue weighted by molar-refractivity contribution is 7.09. The van der Waals surface area contributed by atoms with Crippen molar-refractivity contribution in [2.75, 3.05) is 13.7 Å². The van der Waals surface area contributed by atoms with Gasteiger partial charge in [-0.25, -0.2) is 0 Å². The van der Waals surface area contributed by atoms with E-state index < -0.39 is 0 Å². The molecule has 0 aliphatic heterocycles. The van der Waals surface area contributed by atoms with Gasteiger partial charge in [-0.3, -0.25) is 4.79 Å². The second-order valence-electron chi connectivity index (χ2n) is 5.26. The fraction of sp³-hybridized carbons (Fsp3) is 0.389. The van der Waals surface area contributed by atoms with Crippen LogP contribution in [-0.4, -0.2) is 24.5 Å². The number of rotatable bonds is 8. The molecule has 0 unspecified atom stereocenters. The molecule has 1 aromatic heterocycles. The van der Waals surface area contributed by atoms with Crippen molar-refractivity contribution in [1.29, 1.82) is 0 Å². The molecule has 1 heterocycles. The molecule has 0 spiro atoms. The van der Waals surface area contributed by atoms with Crippen molar-refractivity contribution in [2.24, 2.45) is 0 Å². The van der Waals surface area contributed by atoms with Gasteiger partial charge < -0.3 is 9.64 Å². The summed E-state index contributed by atoms with van der Waals surface area (Å²) in [5.74, 6) is 1.07. The molecule has 2 rings (SSSR count). The largest absolute Gasteiger partial charge is 0.494 e. The minimum atomic E-state index is 0.199. The first kappa shape index (κ1) is 16.6. The van der Waals surface area contributed by atoms with Gasteiger partial charge in [-0.05, 0) is 48.9 Å². The van der Waals surface area contributed by atoms with Crippen LogP contribution in [-0.2, 0) is 17.8 Å². The third-order valence-electron chi connectivity index (χ3n) is 3.47. The van der Waals surface area contributed by atoms with Crippen molar-refractivity contribution in [1.82, 2.24) is 4.90 Å². The Labute approximate surface area is 136 Å². The maximum Gasteiger partial charge on any atom is 0.222 e. The molecular weight excluding hydrogens is 294 g/mol. The van der Waals surface area contributed by atoms with Gasteiger partial charge in [-0.1, -0.05) is 18.2 Å². The number of carbonyl (C=O) groups is 1. The molecule has 0 aliphatic rings. The van der Waals surface area contributed by atoms with E-state index in [4.69, 9.17) is 4.74 Å². The molecule has 1 aromatic carbocycles. The molecule has 0 fully saturated rings. The minimum absolute atomic E-state index is 0.199. The highest BCUT2D eigenvalue weighted by Gasteiger charge is 2.09. The van der Waals surface area contributed by atoms with E-state index in [9.17, 15) is 4.79 Å². The number of thiophene rings is 1. The smallest absolute Gasteiger partial charge is 0.222 e. The molecule has 3 nitrogen and oxygen atoms in total. The molecule has 4 heteroatoms. The van der Waals surface area contributed by atoms with Gasteiger partial charge in [0.1, 0.15) is 5.75 Å². The molecule has 0 radical (unpaired) electrons. The molecule has 22 heavy (non-hydrogen) atoms. The fourth-order valence-corrected chi connectivity index (χ4v) is 3.03. The van der Waals surface area contributed by atoms with E-state index >= 15 is 0 Å². The van der Waals surface area contributed by atoms with Crippen molar-refractivity contribution in [2.45, 2.75) is 32.7 Å². The van der Waals surface area contributed by atoms with E-state index in [0.717, 1.165) is 24.2 Å². The summed E-state index contributed by atoms with van der Waals surface area (Å²) >= 11 is 1.75. The second-order valence-corrected chi connectivity index (χ2v) is 6.29. The Morgan fingerprint density at radius 2 is 2.00 bits per heavy atom. The molecule has 0 aliphatic carbocycles. The Balaban J connectivity index is 1.75. The van der Waals surface area contributed by atoms with Gasteiger partial charge in [-0.2, -0.15) is 0 Å². The number of hydrogen-bond donors (Lipinski definition) is 0. The second kappa shape index (κ2) is 8.59. The van der Waals surface area contributed by atoms with Crippen LogP contribution in [0.3, 0.4) is 0 Å². The van der Waals surface area contributed by atoms with Gasteiger partial charge in [0, 0.05) is 24.9 Å². The van der Waals surface area contributed by atoms with Gasteiger partial charge in [0.2, 0.25) is 5.91 Å². The van der Waals surface area contributed by atoms with Crippen molar-refractivity contribution in [3.8, 4) is 5.75 Å². The maximum atomic E-state index is 12.1. The van der Waals surface area contributed by atoms with Gasteiger partial charge in [-0.15, -0.1) is 11.3 Å². The Morgan fingerprint density at radius 3 is 2.64 bits per heavy atom. The van der Waals surface area contributed by atoms with Crippen LogP contribution in [0.15, 0.2) is 41.8 Å². The van der Waals surface area contributed by atoms with E-state index in [-0.39, 0.29) is 5.91 Å². The standard InChI is InChI=1S/C18H23NO2S/c1-3-21-16-11-9-15(10-12-16)14-19(2)18(20)8-4-6-17-7-5-13-22-17/h5,7,9-13H,3-4,6,8,14H2,1-2H3. The Hall–Kier alpha value is -1.81. The average molecular weight is 317 g/mol. The van der Waals surface area contributed by atoms with Crippen LogP contribution in [0.1, 0.15) is 30.2 Å². The number of hydrogen-bond acceptors (Lipinski definition) is 3. The van der Waals surface area contributed by atoms with Crippen LogP contribution in [0, 0.1) is 0 Å². The van der Waals surface area contributed by atoms with Crippen LogP contribution in [0.2, 0.25) is 0 Å². The van der Waals surface area contributed by atoms with E-state index in [1.165, 1.54) is 4.88 Å². The molecule has 0 saturated carbocycles. The summed E-state index contributed by atoms with van der Waals surface area (Å²) in [7, 11) is 1.87. The Bertz CT molecular complexity index is 563. The third-order valence-corrected chi connectivity index (χ3v) is 4.41. The van der Waals surface area contributed by atoms with Gasteiger partial charge >= 0.3 is 0 Å². The summed E-state index contributed by atoms with van der Waals surface area (Å²) in [4.78, 5) is 15.3. The number of ether oxygens (including phenoxy) is 1. The van der Waals surface area contributed by atoms with Crippen molar-refractivity contribution < 1.29 is 9.53 Å². The average Bonchev–Trinajstić information content (AvgIpc) is 3.02. The molecule has 2 aromatic rings. The van der Waals surface area contributed by atoms with E-state index in [0.29, 0.717) is 19.6 Å². The molecular formula is C18H23NO2S. The van der Waals surface area contributed by atoms with E-state index in [2.05, 4.69) is 17.5 Å². The summed E-state index contributed by atoms with van der Waals surface area (Å²) in [6.07, 6.45) is 2.50.